The van der Waals surface area contributed by atoms with Crippen molar-refractivity contribution in [3.8, 4) is 17.2 Å². The van der Waals surface area contributed by atoms with Crippen LogP contribution in [0.2, 0.25) is 0 Å². The minimum absolute atomic E-state index is 0.0449. The van der Waals surface area contributed by atoms with Crippen molar-refractivity contribution in [3.63, 3.8) is 0 Å². The van der Waals surface area contributed by atoms with Gasteiger partial charge in [0.05, 0.1) is 12.2 Å². The van der Waals surface area contributed by atoms with Gasteiger partial charge in [-0.3, -0.25) is 9.29 Å². The van der Waals surface area contributed by atoms with Crippen LogP contribution in [0.25, 0.3) is 11.1 Å². The molecule has 1 N–H and O–H groups in total. The van der Waals surface area contributed by atoms with Crippen molar-refractivity contribution in [2.45, 2.75) is 19.2 Å². The maximum absolute atomic E-state index is 13.5. The van der Waals surface area contributed by atoms with E-state index in [-0.39, 0.29) is 18.3 Å². The summed E-state index contributed by atoms with van der Waals surface area (Å²) in [7, 11) is 0. The number of rotatable bonds is 7. The van der Waals surface area contributed by atoms with Gasteiger partial charge in [0.25, 0.3) is 0 Å². The molecule has 0 radical (unpaired) electrons. The Balaban J connectivity index is 1.42. The first kappa shape index (κ1) is 25.1. The van der Waals surface area contributed by atoms with Gasteiger partial charge >= 0.3 is 6.18 Å². The average Bonchev–Trinajstić information content (AvgIpc) is 2.85. The molecule has 1 fully saturated rings. The zero-order valence-corrected chi connectivity index (χ0v) is 20.3. The lowest BCUT2D eigenvalue weighted by atomic mass is 9.85. The fourth-order valence-electron chi connectivity index (χ4n) is 4.90. The van der Waals surface area contributed by atoms with Crippen LogP contribution in [0.3, 0.4) is 0 Å². The summed E-state index contributed by atoms with van der Waals surface area (Å²) in [5.41, 5.74) is 2.36. The molecule has 0 bridgehead atoms. The Labute approximate surface area is 212 Å². The smallest absolute Gasteiger partial charge is 0.416 e. The molecule has 0 saturated carbocycles. The van der Waals surface area contributed by atoms with E-state index in [1.54, 1.807) is 18.2 Å². The van der Waals surface area contributed by atoms with Gasteiger partial charge < -0.3 is 14.6 Å². The maximum atomic E-state index is 13.5. The molecule has 3 aromatic rings. The SMILES string of the molecule is CC1=C(c2cccc(C(F)(F)F)c2)[C@@H](c2ccc(OCCN3CC(CF)C3)cc2)Oc2ccc(O)cc21. The molecule has 8 heteroatoms. The molecule has 0 aliphatic carbocycles. The van der Waals surface area contributed by atoms with Crippen LogP contribution >= 0.6 is 0 Å². The summed E-state index contributed by atoms with van der Waals surface area (Å²) in [6.07, 6.45) is -5.14. The fourth-order valence-corrected chi connectivity index (χ4v) is 4.90. The summed E-state index contributed by atoms with van der Waals surface area (Å²) >= 11 is 0. The van der Waals surface area contributed by atoms with E-state index in [0.29, 0.717) is 34.8 Å². The molecule has 2 heterocycles. The molecule has 3 aromatic carbocycles. The van der Waals surface area contributed by atoms with Crippen LogP contribution in [0.4, 0.5) is 17.6 Å². The summed E-state index contributed by atoms with van der Waals surface area (Å²) in [6, 6.07) is 17.2. The zero-order chi connectivity index (χ0) is 26.2. The lowest BCUT2D eigenvalue weighted by molar-refractivity contribution is -0.137. The number of fused-ring (bicyclic) bond motifs is 1. The van der Waals surface area contributed by atoms with Gasteiger partial charge in [-0.05, 0) is 66.1 Å². The van der Waals surface area contributed by atoms with Gasteiger partial charge in [-0.25, -0.2) is 0 Å². The van der Waals surface area contributed by atoms with Gasteiger partial charge in [0.15, 0.2) is 0 Å². The summed E-state index contributed by atoms with van der Waals surface area (Å²) < 4.78 is 65.2. The van der Waals surface area contributed by atoms with E-state index in [1.807, 2.05) is 31.2 Å². The topological polar surface area (TPSA) is 41.9 Å². The van der Waals surface area contributed by atoms with Crippen LogP contribution in [0.5, 0.6) is 17.2 Å². The van der Waals surface area contributed by atoms with Crippen LogP contribution in [0, 0.1) is 5.92 Å². The maximum Gasteiger partial charge on any atom is 0.416 e. The predicted octanol–water partition coefficient (Wildman–Crippen LogP) is 6.76. The van der Waals surface area contributed by atoms with E-state index in [9.17, 15) is 22.7 Å². The highest BCUT2D eigenvalue weighted by molar-refractivity contribution is 5.95. The van der Waals surface area contributed by atoms with Gasteiger partial charge in [-0.2, -0.15) is 13.2 Å². The van der Waals surface area contributed by atoms with E-state index >= 15 is 0 Å². The Hall–Kier alpha value is -3.52. The first-order valence-electron chi connectivity index (χ1n) is 12.1. The Kier molecular flexibility index (Phi) is 6.86. The number of hydrogen-bond acceptors (Lipinski definition) is 4. The number of alkyl halides is 4. The lowest BCUT2D eigenvalue weighted by Crippen LogP contribution is -2.49. The van der Waals surface area contributed by atoms with Crippen LogP contribution in [-0.2, 0) is 6.18 Å². The Morgan fingerprint density at radius 2 is 1.78 bits per heavy atom. The van der Waals surface area contributed by atoms with Gasteiger partial charge in [-0.1, -0.05) is 24.3 Å². The number of aromatic hydroxyl groups is 1. The van der Waals surface area contributed by atoms with E-state index in [4.69, 9.17) is 9.47 Å². The quantitative estimate of drug-likeness (QED) is 0.355. The molecule has 1 saturated heterocycles. The second kappa shape index (κ2) is 10.1. The van der Waals surface area contributed by atoms with E-state index < -0.39 is 17.8 Å². The average molecular weight is 514 g/mol. The van der Waals surface area contributed by atoms with Crippen LogP contribution in [0.1, 0.15) is 35.3 Å². The van der Waals surface area contributed by atoms with E-state index in [0.717, 1.165) is 42.9 Å². The molecule has 2 aliphatic rings. The number of ether oxygens (including phenoxy) is 2. The molecule has 4 nitrogen and oxygen atoms in total. The summed E-state index contributed by atoms with van der Waals surface area (Å²) in [6.45, 7) is 4.23. The van der Waals surface area contributed by atoms with Crippen molar-refractivity contribution in [2.24, 2.45) is 5.92 Å². The molecular formula is C29H27F4NO3. The second-order valence-electron chi connectivity index (χ2n) is 9.49. The number of phenols is 1. The monoisotopic (exact) mass is 513 g/mol. The highest BCUT2D eigenvalue weighted by Gasteiger charge is 2.34. The van der Waals surface area contributed by atoms with E-state index in [1.165, 1.54) is 12.1 Å². The molecular weight excluding hydrogens is 486 g/mol. The van der Waals surface area contributed by atoms with Crippen LogP contribution in [0.15, 0.2) is 66.7 Å². The standard InChI is InChI=1S/C29H27F4NO3/c1-18-25-14-23(35)7-10-26(25)37-28(27(18)21-3-2-4-22(13-21)29(31,32)33)20-5-8-24(9-6-20)36-12-11-34-16-19(15-30)17-34/h2-10,13-14,19,28,35H,11-12,15-17H2,1H3/t28-/m1/s1. The number of phenolic OH excluding ortho intramolecular Hbond substituents is 1. The Bertz CT molecular complexity index is 1300. The molecule has 0 spiro atoms. The number of likely N-dealkylation sites (tertiary alicyclic amines) is 1. The van der Waals surface area contributed by atoms with Gasteiger partial charge in [0.2, 0.25) is 0 Å². The minimum Gasteiger partial charge on any atom is -0.508 e. The predicted molar refractivity (Wildman–Crippen MR) is 133 cm³/mol. The molecule has 5 rings (SSSR count). The van der Waals surface area contributed by atoms with Crippen molar-refractivity contribution in [3.05, 3.63) is 89.0 Å². The van der Waals surface area contributed by atoms with Crippen molar-refractivity contribution in [1.29, 1.82) is 0 Å². The summed E-state index contributed by atoms with van der Waals surface area (Å²) in [5.74, 6) is 1.38. The molecule has 37 heavy (non-hydrogen) atoms. The van der Waals surface area contributed by atoms with Crippen molar-refractivity contribution < 1.29 is 32.1 Å². The first-order chi connectivity index (χ1) is 17.7. The first-order valence-corrected chi connectivity index (χ1v) is 12.1. The van der Waals surface area contributed by atoms with Crippen molar-refractivity contribution >= 4 is 11.1 Å². The number of halogens is 4. The zero-order valence-electron chi connectivity index (χ0n) is 20.3. The third-order valence-corrected chi connectivity index (χ3v) is 6.89. The molecule has 0 aromatic heterocycles. The Morgan fingerprint density at radius 3 is 2.49 bits per heavy atom. The second-order valence-corrected chi connectivity index (χ2v) is 9.49. The fraction of sp³-hybridized carbons (Fsp3) is 0.310. The molecule has 1 atom stereocenters. The molecule has 2 aliphatic heterocycles. The van der Waals surface area contributed by atoms with Crippen LogP contribution < -0.4 is 9.47 Å². The van der Waals surface area contributed by atoms with Crippen LogP contribution in [-0.4, -0.2) is 42.9 Å². The minimum atomic E-state index is -4.48. The lowest BCUT2D eigenvalue weighted by Gasteiger charge is -2.37. The normalized spacial score (nSPS) is 18.2. The number of allylic oxidation sites excluding steroid dienone is 1. The largest absolute Gasteiger partial charge is 0.508 e. The molecule has 0 unspecified atom stereocenters. The number of benzene rings is 3. The summed E-state index contributed by atoms with van der Waals surface area (Å²) in [4.78, 5) is 2.14. The van der Waals surface area contributed by atoms with Gasteiger partial charge in [-0.15, -0.1) is 0 Å². The van der Waals surface area contributed by atoms with Crippen molar-refractivity contribution in [1.82, 2.24) is 4.90 Å². The molecule has 194 valence electrons. The third kappa shape index (κ3) is 5.30. The number of nitrogens with zero attached hydrogens (tertiary/aromatic N) is 1. The van der Waals surface area contributed by atoms with Crippen molar-refractivity contribution in [2.75, 3.05) is 32.9 Å². The van der Waals surface area contributed by atoms with Gasteiger partial charge in [0.1, 0.15) is 30.0 Å². The number of hydrogen-bond donors (Lipinski definition) is 1. The van der Waals surface area contributed by atoms with Gasteiger partial charge in [0, 0.05) is 36.7 Å². The van der Waals surface area contributed by atoms with E-state index in [2.05, 4.69) is 4.90 Å². The summed E-state index contributed by atoms with van der Waals surface area (Å²) in [5, 5.41) is 10.0. The third-order valence-electron chi connectivity index (χ3n) is 6.89. The Morgan fingerprint density at radius 1 is 1.03 bits per heavy atom. The highest BCUT2D eigenvalue weighted by Crippen LogP contribution is 2.48. The highest BCUT2D eigenvalue weighted by atomic mass is 19.4. The molecule has 0 amide bonds.